The van der Waals surface area contributed by atoms with E-state index in [4.69, 9.17) is 26.3 Å². The SMILES string of the molecule is CC(C)C(C)NC(=O)c1c(-c2ccc(Cl)o2)noc1N. The summed E-state index contributed by atoms with van der Waals surface area (Å²) in [6.07, 6.45) is 0. The third kappa shape index (κ3) is 2.80. The van der Waals surface area contributed by atoms with Gasteiger partial charge >= 0.3 is 0 Å². The summed E-state index contributed by atoms with van der Waals surface area (Å²) in [5.41, 5.74) is 6.07. The molecule has 0 saturated carbocycles. The fourth-order valence-corrected chi connectivity index (χ4v) is 1.72. The summed E-state index contributed by atoms with van der Waals surface area (Å²) >= 11 is 5.72. The number of hydrogen-bond acceptors (Lipinski definition) is 5. The van der Waals surface area contributed by atoms with Gasteiger partial charge in [0.05, 0.1) is 0 Å². The Morgan fingerprint density at radius 2 is 2.10 bits per heavy atom. The highest BCUT2D eigenvalue weighted by Gasteiger charge is 2.25. The average molecular weight is 298 g/mol. The molecule has 0 saturated heterocycles. The number of nitrogens with two attached hydrogens (primary N) is 1. The number of hydrogen-bond donors (Lipinski definition) is 2. The van der Waals surface area contributed by atoms with E-state index in [0.717, 1.165) is 0 Å². The standard InChI is InChI=1S/C13H16ClN3O3/c1-6(2)7(3)16-13(18)10-11(17-20-12(10)15)8-4-5-9(14)19-8/h4-7H,15H2,1-3H3,(H,16,18). The Bertz CT molecular complexity index is 618. The molecule has 3 N–H and O–H groups in total. The summed E-state index contributed by atoms with van der Waals surface area (Å²) in [7, 11) is 0. The number of furan rings is 1. The minimum absolute atomic E-state index is 0.00941. The number of nitrogen functional groups attached to an aromatic ring is 1. The third-order valence-corrected chi connectivity index (χ3v) is 3.31. The molecule has 0 fully saturated rings. The van der Waals surface area contributed by atoms with E-state index in [1.165, 1.54) is 0 Å². The van der Waals surface area contributed by atoms with Crippen LogP contribution in [0.4, 0.5) is 5.88 Å². The van der Waals surface area contributed by atoms with Crippen molar-refractivity contribution in [3.05, 3.63) is 22.9 Å². The minimum atomic E-state index is -0.354. The molecule has 20 heavy (non-hydrogen) atoms. The molecule has 0 bridgehead atoms. The van der Waals surface area contributed by atoms with Gasteiger partial charge in [-0.05, 0) is 36.6 Å². The lowest BCUT2D eigenvalue weighted by atomic mass is 10.1. The molecule has 1 atom stereocenters. The smallest absolute Gasteiger partial charge is 0.259 e. The Labute approximate surface area is 121 Å². The average Bonchev–Trinajstić information content (AvgIpc) is 2.95. The number of nitrogens with zero attached hydrogens (tertiary/aromatic N) is 1. The van der Waals surface area contributed by atoms with E-state index >= 15 is 0 Å². The largest absolute Gasteiger partial charge is 0.443 e. The van der Waals surface area contributed by atoms with Crippen molar-refractivity contribution in [2.75, 3.05) is 5.73 Å². The van der Waals surface area contributed by atoms with Gasteiger partial charge in [0.2, 0.25) is 5.88 Å². The van der Waals surface area contributed by atoms with E-state index in [0.29, 0.717) is 11.7 Å². The van der Waals surface area contributed by atoms with Crippen LogP contribution < -0.4 is 11.1 Å². The number of nitrogens with one attached hydrogen (secondary N) is 1. The second kappa shape index (κ2) is 5.58. The van der Waals surface area contributed by atoms with Crippen molar-refractivity contribution in [2.45, 2.75) is 26.8 Å². The summed E-state index contributed by atoms with van der Waals surface area (Å²) in [4.78, 5) is 12.3. The van der Waals surface area contributed by atoms with Crippen LogP contribution in [-0.2, 0) is 0 Å². The van der Waals surface area contributed by atoms with Gasteiger partial charge in [-0.25, -0.2) is 0 Å². The summed E-state index contributed by atoms with van der Waals surface area (Å²) in [5.74, 6) is 0.216. The molecule has 0 aliphatic rings. The van der Waals surface area contributed by atoms with Crippen LogP contribution in [0.5, 0.6) is 0 Å². The van der Waals surface area contributed by atoms with Gasteiger partial charge in [0.15, 0.2) is 16.7 Å². The Kier molecular flexibility index (Phi) is 4.04. The number of rotatable bonds is 4. The van der Waals surface area contributed by atoms with Crippen molar-refractivity contribution in [2.24, 2.45) is 5.92 Å². The molecule has 0 spiro atoms. The summed E-state index contributed by atoms with van der Waals surface area (Å²) in [6, 6.07) is 3.15. The van der Waals surface area contributed by atoms with E-state index in [-0.39, 0.29) is 34.3 Å². The molecule has 0 aliphatic heterocycles. The molecule has 0 aromatic carbocycles. The molecular weight excluding hydrogens is 282 g/mol. The molecular formula is C13H16ClN3O3. The Hall–Kier alpha value is -1.95. The topological polar surface area (TPSA) is 94.3 Å². The van der Waals surface area contributed by atoms with Crippen molar-refractivity contribution >= 4 is 23.4 Å². The number of amides is 1. The van der Waals surface area contributed by atoms with Gasteiger partial charge in [0.25, 0.3) is 5.91 Å². The molecule has 2 rings (SSSR count). The quantitative estimate of drug-likeness (QED) is 0.904. The van der Waals surface area contributed by atoms with E-state index in [1.54, 1.807) is 12.1 Å². The molecule has 2 heterocycles. The van der Waals surface area contributed by atoms with Crippen LogP contribution in [0.2, 0.25) is 5.22 Å². The van der Waals surface area contributed by atoms with Crippen molar-refractivity contribution in [3.63, 3.8) is 0 Å². The number of carbonyl (C=O) groups is 1. The maximum absolute atomic E-state index is 12.3. The van der Waals surface area contributed by atoms with Crippen molar-refractivity contribution in [1.29, 1.82) is 0 Å². The van der Waals surface area contributed by atoms with Gasteiger partial charge in [-0.2, -0.15) is 0 Å². The maximum Gasteiger partial charge on any atom is 0.259 e. The number of anilines is 1. The zero-order valence-corrected chi connectivity index (χ0v) is 12.2. The van der Waals surface area contributed by atoms with Gasteiger partial charge < -0.3 is 20.0 Å². The van der Waals surface area contributed by atoms with Crippen LogP contribution in [-0.4, -0.2) is 17.1 Å². The predicted molar refractivity (Wildman–Crippen MR) is 75.4 cm³/mol. The third-order valence-electron chi connectivity index (χ3n) is 3.11. The Morgan fingerprint density at radius 1 is 1.40 bits per heavy atom. The van der Waals surface area contributed by atoms with E-state index in [1.807, 2.05) is 20.8 Å². The summed E-state index contributed by atoms with van der Waals surface area (Å²) in [6.45, 7) is 5.93. The molecule has 0 aliphatic carbocycles. The first-order valence-electron chi connectivity index (χ1n) is 6.22. The fraction of sp³-hybridized carbons (Fsp3) is 0.385. The highest BCUT2D eigenvalue weighted by Crippen LogP contribution is 2.30. The van der Waals surface area contributed by atoms with E-state index < -0.39 is 0 Å². The van der Waals surface area contributed by atoms with E-state index in [2.05, 4.69) is 10.5 Å². The van der Waals surface area contributed by atoms with Crippen LogP contribution >= 0.6 is 11.6 Å². The normalized spacial score (nSPS) is 12.7. The lowest BCUT2D eigenvalue weighted by Gasteiger charge is -2.17. The second-order valence-corrected chi connectivity index (χ2v) is 5.25. The van der Waals surface area contributed by atoms with Crippen molar-refractivity contribution in [3.8, 4) is 11.5 Å². The lowest BCUT2D eigenvalue weighted by Crippen LogP contribution is -2.36. The first-order valence-corrected chi connectivity index (χ1v) is 6.59. The first kappa shape index (κ1) is 14.5. The fourth-order valence-electron chi connectivity index (χ4n) is 1.58. The van der Waals surface area contributed by atoms with Gasteiger partial charge in [-0.1, -0.05) is 19.0 Å². The molecule has 7 heteroatoms. The monoisotopic (exact) mass is 297 g/mol. The second-order valence-electron chi connectivity index (χ2n) is 4.88. The number of aromatic nitrogens is 1. The highest BCUT2D eigenvalue weighted by molar-refractivity contribution is 6.29. The summed E-state index contributed by atoms with van der Waals surface area (Å²) in [5, 5.41) is 6.80. The maximum atomic E-state index is 12.3. The van der Waals surface area contributed by atoms with Crippen molar-refractivity contribution in [1.82, 2.24) is 10.5 Å². The lowest BCUT2D eigenvalue weighted by molar-refractivity contribution is 0.0931. The number of carbonyl (C=O) groups excluding carboxylic acids is 1. The molecule has 2 aromatic rings. The summed E-state index contributed by atoms with van der Waals surface area (Å²) < 4.78 is 10.1. The van der Waals surface area contributed by atoms with Crippen LogP contribution in [0.25, 0.3) is 11.5 Å². The van der Waals surface area contributed by atoms with Crippen LogP contribution in [0.1, 0.15) is 31.1 Å². The van der Waals surface area contributed by atoms with Gasteiger partial charge in [0, 0.05) is 6.04 Å². The zero-order chi connectivity index (χ0) is 14.9. The zero-order valence-electron chi connectivity index (χ0n) is 11.4. The van der Waals surface area contributed by atoms with Crippen LogP contribution in [0.15, 0.2) is 21.1 Å². The molecule has 0 radical (unpaired) electrons. The first-order chi connectivity index (χ1) is 9.40. The number of halogens is 1. The highest BCUT2D eigenvalue weighted by atomic mass is 35.5. The van der Waals surface area contributed by atoms with Gasteiger partial charge in [0.1, 0.15) is 5.56 Å². The Morgan fingerprint density at radius 3 is 2.65 bits per heavy atom. The molecule has 2 aromatic heterocycles. The molecule has 6 nitrogen and oxygen atoms in total. The predicted octanol–water partition coefficient (Wildman–Crippen LogP) is 2.94. The van der Waals surface area contributed by atoms with Crippen LogP contribution in [0.3, 0.4) is 0 Å². The molecule has 1 unspecified atom stereocenters. The molecule has 108 valence electrons. The van der Waals surface area contributed by atoms with E-state index in [9.17, 15) is 4.79 Å². The minimum Gasteiger partial charge on any atom is -0.443 e. The van der Waals surface area contributed by atoms with Gasteiger partial charge in [-0.15, -0.1) is 0 Å². The molecule has 1 amide bonds. The van der Waals surface area contributed by atoms with Crippen LogP contribution in [0, 0.1) is 5.92 Å². The van der Waals surface area contributed by atoms with Crippen molar-refractivity contribution < 1.29 is 13.7 Å². The Balaban J connectivity index is 2.32. The van der Waals surface area contributed by atoms with Gasteiger partial charge in [-0.3, -0.25) is 4.79 Å².